The fraction of sp³-hybridized carbons (Fsp3) is 0.143. The average Bonchev–Trinajstić information content (AvgIpc) is 2.42. The molecule has 2 rings (SSSR count). The van der Waals surface area contributed by atoms with E-state index in [1.54, 1.807) is 6.07 Å². The molecule has 0 N–H and O–H groups in total. The molecule has 0 nitrogen and oxygen atoms in total. The molecule has 0 fully saturated rings. The van der Waals surface area contributed by atoms with Crippen molar-refractivity contribution in [2.75, 3.05) is 0 Å². The molecule has 6 heteroatoms. The molecule has 0 bridgehead atoms. The number of rotatable bonds is 1. The number of alkyl halides is 1. The number of hydrogen-bond acceptors (Lipinski definition) is 0. The van der Waals surface area contributed by atoms with Gasteiger partial charge in [-0.25, -0.2) is 8.78 Å². The minimum Gasteiger partial charge on any atom is -0.246 e. The maximum Gasteiger partial charge on any atom is 0.138 e. The second-order valence-electron chi connectivity index (χ2n) is 3.83. The Morgan fingerprint density at radius 3 is 1.85 bits per heavy atom. The van der Waals surface area contributed by atoms with Crippen molar-refractivity contribution in [1.29, 1.82) is 0 Å². The molecule has 2 aromatic carbocycles. The summed E-state index contributed by atoms with van der Waals surface area (Å²) in [5.41, 5.74) is 1.69. The van der Waals surface area contributed by atoms with Gasteiger partial charge in [0.1, 0.15) is 12.5 Å². The van der Waals surface area contributed by atoms with E-state index in [1.165, 1.54) is 6.07 Å². The lowest BCUT2D eigenvalue weighted by atomic mass is 10.2. The zero-order valence-corrected chi connectivity index (χ0v) is 16.7. The lowest BCUT2D eigenvalue weighted by Crippen LogP contribution is -1.81. The van der Waals surface area contributed by atoms with Crippen LogP contribution in [0, 0.1) is 12.7 Å². The van der Waals surface area contributed by atoms with Crippen LogP contribution in [0.2, 0.25) is 0 Å². The predicted octanol–water partition coefficient (Wildman–Crippen LogP) is 7.34. The minimum atomic E-state index is -0.442. The van der Waals surface area contributed by atoms with Crippen molar-refractivity contribution < 1.29 is 8.78 Å². The highest BCUT2D eigenvalue weighted by atomic mass is 79.9. The Kier molecular flexibility index (Phi) is 7.87. The normalized spacial score (nSPS) is 9.95. The zero-order chi connectivity index (χ0) is 15.3. The fourth-order valence-corrected chi connectivity index (χ4v) is 3.26. The SMILES string of the molecule is Cc1ccc(F)c(Br)c1Br.FCc1c(Br)cccc1Br. The maximum absolute atomic E-state index is 12.7. The molecule has 0 radical (unpaired) electrons. The summed E-state index contributed by atoms with van der Waals surface area (Å²) in [5, 5.41) is 0. The van der Waals surface area contributed by atoms with Crippen LogP contribution in [-0.2, 0) is 6.67 Å². The van der Waals surface area contributed by atoms with Gasteiger partial charge in [-0.3, -0.25) is 0 Å². The molecule has 0 atom stereocenters. The van der Waals surface area contributed by atoms with Gasteiger partial charge in [0, 0.05) is 19.0 Å². The van der Waals surface area contributed by atoms with Gasteiger partial charge in [0.05, 0.1) is 4.47 Å². The molecular weight excluding hydrogens is 526 g/mol. The molecule has 2 aromatic rings. The van der Waals surface area contributed by atoms with Crippen LogP contribution >= 0.6 is 63.7 Å². The summed E-state index contributed by atoms with van der Waals surface area (Å²) in [7, 11) is 0. The molecule has 0 saturated carbocycles. The summed E-state index contributed by atoms with van der Waals surface area (Å²) in [6, 6.07) is 8.65. The second kappa shape index (κ2) is 8.61. The van der Waals surface area contributed by atoms with Crippen LogP contribution in [0.15, 0.2) is 48.2 Å². The van der Waals surface area contributed by atoms with Crippen molar-refractivity contribution >= 4 is 63.7 Å². The molecule has 20 heavy (non-hydrogen) atoms. The smallest absolute Gasteiger partial charge is 0.138 e. The van der Waals surface area contributed by atoms with Crippen LogP contribution in [0.1, 0.15) is 11.1 Å². The van der Waals surface area contributed by atoms with Crippen LogP contribution in [0.4, 0.5) is 8.78 Å². The first kappa shape index (κ1) is 18.3. The Morgan fingerprint density at radius 2 is 1.45 bits per heavy atom. The first-order valence-electron chi connectivity index (χ1n) is 5.47. The first-order chi connectivity index (χ1) is 9.38. The average molecular weight is 536 g/mol. The summed E-state index contributed by atoms with van der Waals surface area (Å²) in [4.78, 5) is 0. The van der Waals surface area contributed by atoms with Crippen LogP contribution in [0.3, 0.4) is 0 Å². The van der Waals surface area contributed by atoms with E-state index in [4.69, 9.17) is 0 Å². The van der Waals surface area contributed by atoms with E-state index < -0.39 is 6.67 Å². The van der Waals surface area contributed by atoms with Crippen molar-refractivity contribution in [1.82, 2.24) is 0 Å². The van der Waals surface area contributed by atoms with Gasteiger partial charge in [-0.2, -0.15) is 0 Å². The Hall–Kier alpha value is 0.220. The quantitative estimate of drug-likeness (QED) is 0.335. The highest BCUT2D eigenvalue weighted by Crippen LogP contribution is 2.28. The Bertz CT molecular complexity index is 553. The molecule has 0 aliphatic rings. The number of hydrogen-bond donors (Lipinski definition) is 0. The lowest BCUT2D eigenvalue weighted by molar-refractivity contribution is 0.482. The Labute approximate surface area is 150 Å². The maximum atomic E-state index is 12.7. The van der Waals surface area contributed by atoms with Gasteiger partial charge in [-0.05, 0) is 62.5 Å². The summed E-state index contributed by atoms with van der Waals surface area (Å²) < 4.78 is 27.8. The largest absolute Gasteiger partial charge is 0.246 e. The predicted molar refractivity (Wildman–Crippen MR) is 93.2 cm³/mol. The van der Waals surface area contributed by atoms with Crippen molar-refractivity contribution in [2.24, 2.45) is 0 Å². The molecule has 0 saturated heterocycles. The van der Waals surface area contributed by atoms with Crippen molar-refractivity contribution in [2.45, 2.75) is 13.6 Å². The highest BCUT2D eigenvalue weighted by molar-refractivity contribution is 9.13. The molecule has 0 aromatic heterocycles. The molecule has 0 aliphatic carbocycles. The van der Waals surface area contributed by atoms with E-state index in [-0.39, 0.29) is 5.82 Å². The molecule has 0 amide bonds. The number of benzene rings is 2. The van der Waals surface area contributed by atoms with Crippen LogP contribution < -0.4 is 0 Å². The number of aryl methyl sites for hydroxylation is 1. The van der Waals surface area contributed by atoms with Gasteiger partial charge in [-0.1, -0.05) is 44.0 Å². The van der Waals surface area contributed by atoms with Gasteiger partial charge in [-0.15, -0.1) is 0 Å². The summed E-state index contributed by atoms with van der Waals surface area (Å²) >= 11 is 12.8. The minimum absolute atomic E-state index is 0.238. The van der Waals surface area contributed by atoms with E-state index in [2.05, 4.69) is 63.7 Å². The Balaban J connectivity index is 0.000000200. The summed E-state index contributed by atoms with van der Waals surface area (Å²) in [6.07, 6.45) is 0. The highest BCUT2D eigenvalue weighted by Gasteiger charge is 2.04. The van der Waals surface area contributed by atoms with E-state index in [1.807, 2.05) is 25.1 Å². The zero-order valence-electron chi connectivity index (χ0n) is 10.4. The molecule has 0 spiro atoms. The first-order valence-corrected chi connectivity index (χ1v) is 8.64. The van der Waals surface area contributed by atoms with Crippen LogP contribution in [0.25, 0.3) is 0 Å². The van der Waals surface area contributed by atoms with Crippen LogP contribution in [0.5, 0.6) is 0 Å². The summed E-state index contributed by atoms with van der Waals surface area (Å²) in [6.45, 7) is 1.47. The van der Waals surface area contributed by atoms with E-state index in [0.717, 1.165) is 19.0 Å². The van der Waals surface area contributed by atoms with Gasteiger partial charge in [0.2, 0.25) is 0 Å². The van der Waals surface area contributed by atoms with Gasteiger partial charge in [0.15, 0.2) is 0 Å². The summed E-state index contributed by atoms with van der Waals surface area (Å²) in [5.74, 6) is -0.238. The fourth-order valence-electron chi connectivity index (χ4n) is 1.28. The van der Waals surface area contributed by atoms with Crippen molar-refractivity contribution in [3.05, 3.63) is 65.2 Å². The van der Waals surface area contributed by atoms with Gasteiger partial charge in [0.25, 0.3) is 0 Å². The van der Waals surface area contributed by atoms with Crippen molar-refractivity contribution in [3.8, 4) is 0 Å². The number of halogens is 6. The third-order valence-corrected chi connectivity index (χ3v) is 6.24. The van der Waals surface area contributed by atoms with E-state index in [9.17, 15) is 8.78 Å². The molecule has 0 unspecified atom stereocenters. The second-order valence-corrected chi connectivity index (χ2v) is 7.12. The Morgan fingerprint density at radius 1 is 0.900 bits per heavy atom. The molecule has 108 valence electrons. The van der Waals surface area contributed by atoms with Crippen molar-refractivity contribution in [3.63, 3.8) is 0 Å². The van der Waals surface area contributed by atoms with Gasteiger partial charge < -0.3 is 0 Å². The lowest BCUT2D eigenvalue weighted by Gasteiger charge is -2.00. The van der Waals surface area contributed by atoms with Crippen LogP contribution in [-0.4, -0.2) is 0 Å². The topological polar surface area (TPSA) is 0 Å². The monoisotopic (exact) mass is 532 g/mol. The molecular formula is C14H10Br4F2. The van der Waals surface area contributed by atoms with E-state index in [0.29, 0.717) is 10.0 Å². The molecule has 0 heterocycles. The standard InChI is InChI=1S/2C7H5Br2F/c1-4-2-3-5(10)7(9)6(4)8;8-6-2-1-3-7(9)5(6)4-10/h2-3H,1H3;1-3H,4H2. The van der Waals surface area contributed by atoms with E-state index >= 15 is 0 Å². The third kappa shape index (κ3) is 4.90. The third-order valence-electron chi connectivity index (χ3n) is 2.42. The van der Waals surface area contributed by atoms with Gasteiger partial charge >= 0.3 is 0 Å². The molecule has 0 aliphatic heterocycles.